The van der Waals surface area contributed by atoms with E-state index in [1.54, 1.807) is 30.2 Å². The number of carbonyl (C=O) groups is 2. The van der Waals surface area contributed by atoms with Crippen LogP contribution >= 0.6 is 0 Å². The number of nitrogens with zero attached hydrogens (tertiary/aromatic N) is 2. The number of ketones is 1. The molecule has 0 radical (unpaired) electrons. The number of likely N-dealkylation sites (tertiary alicyclic amines) is 1. The third-order valence-electron chi connectivity index (χ3n) is 6.09. The van der Waals surface area contributed by atoms with Gasteiger partial charge in [0.05, 0.1) is 18.7 Å². The molecule has 6 nitrogen and oxygen atoms in total. The molecule has 176 valence electrons. The minimum absolute atomic E-state index is 0.0219. The fourth-order valence-corrected chi connectivity index (χ4v) is 4.11. The van der Waals surface area contributed by atoms with E-state index in [4.69, 9.17) is 4.74 Å². The summed E-state index contributed by atoms with van der Waals surface area (Å²) in [6.07, 6.45) is 0. The monoisotopic (exact) mass is 450 g/mol. The maximum absolute atomic E-state index is 13.1. The average molecular weight is 451 g/mol. The predicted molar refractivity (Wildman–Crippen MR) is 130 cm³/mol. The van der Waals surface area contributed by atoms with Crippen molar-refractivity contribution in [2.24, 2.45) is 0 Å². The van der Waals surface area contributed by atoms with Gasteiger partial charge in [-0.1, -0.05) is 45.0 Å². The Kier molecular flexibility index (Phi) is 6.98. The van der Waals surface area contributed by atoms with E-state index in [0.717, 1.165) is 16.7 Å². The summed E-state index contributed by atoms with van der Waals surface area (Å²) in [5.74, 6) is -0.734. The SMILES string of the molecule is COc1ccc(C(O)=C2C(=O)C(=O)N(CCN(C)C)[C@H]2c2ccc(C(C)(C)C)cc2)cc1C. The van der Waals surface area contributed by atoms with Crippen LogP contribution in [-0.2, 0) is 15.0 Å². The summed E-state index contributed by atoms with van der Waals surface area (Å²) in [6.45, 7) is 9.26. The quantitative estimate of drug-likeness (QED) is 0.404. The summed E-state index contributed by atoms with van der Waals surface area (Å²) in [6, 6.07) is 12.5. The van der Waals surface area contributed by atoms with Crippen molar-refractivity contribution >= 4 is 17.4 Å². The highest BCUT2D eigenvalue weighted by molar-refractivity contribution is 6.46. The molecule has 1 fully saturated rings. The lowest BCUT2D eigenvalue weighted by atomic mass is 9.85. The minimum Gasteiger partial charge on any atom is -0.507 e. The Balaban J connectivity index is 2.15. The highest BCUT2D eigenvalue weighted by Crippen LogP contribution is 2.40. The lowest BCUT2D eigenvalue weighted by molar-refractivity contribution is -0.140. The maximum Gasteiger partial charge on any atom is 0.295 e. The van der Waals surface area contributed by atoms with E-state index in [-0.39, 0.29) is 16.7 Å². The van der Waals surface area contributed by atoms with Crippen molar-refractivity contribution in [1.82, 2.24) is 9.80 Å². The van der Waals surface area contributed by atoms with Gasteiger partial charge in [0.1, 0.15) is 11.5 Å². The summed E-state index contributed by atoms with van der Waals surface area (Å²) in [4.78, 5) is 29.7. The number of Topliss-reactive ketones (excluding diaryl/α,β-unsaturated/α-hetero) is 1. The highest BCUT2D eigenvalue weighted by Gasteiger charge is 2.46. The lowest BCUT2D eigenvalue weighted by Crippen LogP contribution is -2.35. The molecule has 0 aliphatic carbocycles. The van der Waals surface area contributed by atoms with Gasteiger partial charge in [0.2, 0.25) is 0 Å². The van der Waals surface area contributed by atoms with Crippen LogP contribution in [0.25, 0.3) is 5.76 Å². The number of hydrogen-bond donors (Lipinski definition) is 1. The van der Waals surface area contributed by atoms with Crippen molar-refractivity contribution in [3.63, 3.8) is 0 Å². The summed E-state index contributed by atoms with van der Waals surface area (Å²) < 4.78 is 5.31. The zero-order valence-electron chi connectivity index (χ0n) is 20.6. The van der Waals surface area contributed by atoms with Gasteiger partial charge in [0, 0.05) is 18.7 Å². The van der Waals surface area contributed by atoms with Crippen LogP contribution in [0, 0.1) is 6.92 Å². The zero-order chi connectivity index (χ0) is 24.5. The number of aryl methyl sites for hydroxylation is 1. The topological polar surface area (TPSA) is 70.1 Å². The molecule has 0 unspecified atom stereocenters. The van der Waals surface area contributed by atoms with E-state index in [9.17, 15) is 14.7 Å². The summed E-state index contributed by atoms with van der Waals surface area (Å²) in [5.41, 5.74) is 3.36. The average Bonchev–Trinajstić information content (AvgIpc) is 3.01. The van der Waals surface area contributed by atoms with Crippen molar-refractivity contribution < 1.29 is 19.4 Å². The van der Waals surface area contributed by atoms with E-state index < -0.39 is 17.7 Å². The van der Waals surface area contributed by atoms with Crippen molar-refractivity contribution in [2.45, 2.75) is 39.2 Å². The van der Waals surface area contributed by atoms with Gasteiger partial charge < -0.3 is 19.6 Å². The molecule has 1 heterocycles. The second-order valence-corrected chi connectivity index (χ2v) is 9.85. The number of ether oxygens (including phenoxy) is 1. The summed E-state index contributed by atoms with van der Waals surface area (Å²) in [7, 11) is 5.42. The smallest absolute Gasteiger partial charge is 0.295 e. The molecule has 1 aliphatic heterocycles. The van der Waals surface area contributed by atoms with Gasteiger partial charge in [-0.3, -0.25) is 9.59 Å². The van der Waals surface area contributed by atoms with Gasteiger partial charge in [-0.2, -0.15) is 0 Å². The van der Waals surface area contributed by atoms with Crippen LogP contribution in [0.2, 0.25) is 0 Å². The van der Waals surface area contributed by atoms with Crippen LogP contribution in [0.15, 0.2) is 48.0 Å². The molecule has 0 saturated carbocycles. The van der Waals surface area contributed by atoms with Crippen LogP contribution < -0.4 is 4.74 Å². The van der Waals surface area contributed by atoms with E-state index in [1.807, 2.05) is 50.2 Å². The number of hydrogen-bond acceptors (Lipinski definition) is 5. The van der Waals surface area contributed by atoms with Gasteiger partial charge in [0.25, 0.3) is 11.7 Å². The molecule has 6 heteroatoms. The Morgan fingerprint density at radius 2 is 1.73 bits per heavy atom. The molecule has 1 aliphatic rings. The number of amides is 1. The Hall–Kier alpha value is -3.12. The molecule has 0 aromatic heterocycles. The van der Waals surface area contributed by atoms with Crippen LogP contribution in [0.1, 0.15) is 49.1 Å². The number of benzene rings is 2. The summed E-state index contributed by atoms with van der Waals surface area (Å²) >= 11 is 0. The lowest BCUT2D eigenvalue weighted by Gasteiger charge is -2.27. The molecule has 1 N–H and O–H groups in total. The van der Waals surface area contributed by atoms with E-state index in [1.165, 1.54) is 0 Å². The number of methoxy groups -OCH3 is 1. The van der Waals surface area contributed by atoms with Crippen molar-refractivity contribution in [3.8, 4) is 5.75 Å². The Morgan fingerprint density at radius 3 is 2.24 bits per heavy atom. The third kappa shape index (κ3) is 4.96. The summed E-state index contributed by atoms with van der Waals surface area (Å²) in [5, 5.41) is 11.2. The van der Waals surface area contributed by atoms with Crippen LogP contribution in [0.4, 0.5) is 0 Å². The van der Waals surface area contributed by atoms with E-state index in [2.05, 4.69) is 20.8 Å². The van der Waals surface area contributed by atoms with Gasteiger partial charge in [-0.05, 0) is 61.3 Å². The molecule has 2 aromatic carbocycles. The molecule has 1 amide bonds. The first-order valence-electron chi connectivity index (χ1n) is 11.1. The minimum atomic E-state index is -0.662. The molecule has 0 bridgehead atoms. The van der Waals surface area contributed by atoms with Crippen molar-refractivity contribution in [3.05, 3.63) is 70.3 Å². The molecule has 0 spiro atoms. The molecule has 3 rings (SSSR count). The predicted octanol–water partition coefficient (Wildman–Crippen LogP) is 4.28. The number of likely N-dealkylation sites (N-methyl/N-ethyl adjacent to an activating group) is 1. The molecular formula is C27H34N2O4. The van der Waals surface area contributed by atoms with Crippen LogP contribution in [-0.4, -0.2) is 60.9 Å². The largest absolute Gasteiger partial charge is 0.507 e. The normalized spacial score (nSPS) is 18.3. The highest BCUT2D eigenvalue weighted by atomic mass is 16.5. The fraction of sp³-hybridized carbons (Fsp3) is 0.407. The Labute approximate surface area is 196 Å². The Morgan fingerprint density at radius 1 is 1.09 bits per heavy atom. The molecule has 33 heavy (non-hydrogen) atoms. The second-order valence-electron chi connectivity index (χ2n) is 9.85. The zero-order valence-corrected chi connectivity index (χ0v) is 20.6. The van der Waals surface area contributed by atoms with Crippen LogP contribution in [0.3, 0.4) is 0 Å². The maximum atomic E-state index is 13.1. The first-order valence-corrected chi connectivity index (χ1v) is 11.1. The first-order chi connectivity index (χ1) is 15.5. The first kappa shape index (κ1) is 24.5. The second kappa shape index (κ2) is 9.40. The fourth-order valence-electron chi connectivity index (χ4n) is 4.11. The number of rotatable bonds is 6. The van der Waals surface area contributed by atoms with Crippen LogP contribution in [0.5, 0.6) is 5.75 Å². The van der Waals surface area contributed by atoms with Gasteiger partial charge in [0.15, 0.2) is 0 Å². The van der Waals surface area contributed by atoms with Gasteiger partial charge >= 0.3 is 0 Å². The number of aliphatic hydroxyl groups excluding tert-OH is 1. The molecule has 1 atom stereocenters. The number of aliphatic hydroxyl groups is 1. The standard InChI is InChI=1S/C27H34N2O4/c1-17-16-19(10-13-21(17)33-7)24(30)22-23(18-8-11-20(12-9-18)27(2,3)4)29(15-14-28(5)6)26(32)25(22)31/h8-13,16,23,30H,14-15H2,1-7H3/t23-/m0/s1. The third-order valence-corrected chi connectivity index (χ3v) is 6.09. The van der Waals surface area contributed by atoms with Gasteiger partial charge in [-0.15, -0.1) is 0 Å². The molecular weight excluding hydrogens is 416 g/mol. The Bertz CT molecular complexity index is 1080. The van der Waals surface area contributed by atoms with Crippen molar-refractivity contribution in [1.29, 1.82) is 0 Å². The van der Waals surface area contributed by atoms with Gasteiger partial charge in [-0.25, -0.2) is 0 Å². The number of carbonyl (C=O) groups excluding carboxylic acids is 2. The van der Waals surface area contributed by atoms with E-state index >= 15 is 0 Å². The van der Waals surface area contributed by atoms with Crippen molar-refractivity contribution in [2.75, 3.05) is 34.3 Å². The molecule has 1 saturated heterocycles. The van der Waals surface area contributed by atoms with E-state index in [0.29, 0.717) is 24.4 Å². The molecule has 2 aromatic rings.